The minimum atomic E-state index is -1.03. The summed E-state index contributed by atoms with van der Waals surface area (Å²) in [6.07, 6.45) is 1.75. The van der Waals surface area contributed by atoms with Crippen molar-refractivity contribution in [2.45, 2.75) is 32.0 Å². The molecular weight excluding hydrogens is 335 g/mol. The maximum absolute atomic E-state index is 13.6. The molecule has 1 amide bonds. The van der Waals surface area contributed by atoms with E-state index in [1.807, 2.05) is 0 Å². The lowest BCUT2D eigenvalue weighted by atomic mass is 10.1. The van der Waals surface area contributed by atoms with Gasteiger partial charge in [0.1, 0.15) is 5.82 Å². The fourth-order valence-electron chi connectivity index (χ4n) is 3.88. The summed E-state index contributed by atoms with van der Waals surface area (Å²) in [5, 5.41) is 9.33. The van der Waals surface area contributed by atoms with Crippen LogP contribution in [0.15, 0.2) is 42.5 Å². The van der Waals surface area contributed by atoms with Crippen molar-refractivity contribution in [1.82, 2.24) is 4.90 Å². The third kappa shape index (κ3) is 2.97. The summed E-state index contributed by atoms with van der Waals surface area (Å²) in [7, 11) is 0. The van der Waals surface area contributed by atoms with Crippen LogP contribution in [0.1, 0.15) is 34.3 Å². The summed E-state index contributed by atoms with van der Waals surface area (Å²) in [6, 6.07) is 10.9. The third-order valence-corrected chi connectivity index (χ3v) is 5.14. The van der Waals surface area contributed by atoms with E-state index in [-0.39, 0.29) is 29.9 Å². The van der Waals surface area contributed by atoms with Crippen LogP contribution in [0, 0.1) is 5.82 Å². The van der Waals surface area contributed by atoms with Gasteiger partial charge in [-0.15, -0.1) is 0 Å². The topological polar surface area (TPSA) is 60.9 Å². The Labute approximate surface area is 150 Å². The molecule has 2 aliphatic rings. The molecule has 2 heterocycles. The SMILES string of the molecule is O=C(O)c1ccc2c(c1)N(Cc1cccc(F)c1)C(=O)C1CCCN1C2. The van der Waals surface area contributed by atoms with Crippen molar-refractivity contribution in [3.63, 3.8) is 0 Å². The van der Waals surface area contributed by atoms with Crippen molar-refractivity contribution in [2.75, 3.05) is 11.4 Å². The lowest BCUT2D eigenvalue weighted by Crippen LogP contribution is -2.42. The lowest BCUT2D eigenvalue weighted by Gasteiger charge is -2.26. The molecule has 0 bridgehead atoms. The van der Waals surface area contributed by atoms with Crippen LogP contribution in [0.4, 0.5) is 10.1 Å². The Bertz CT molecular complexity index is 883. The van der Waals surface area contributed by atoms with Crippen molar-refractivity contribution in [3.8, 4) is 0 Å². The maximum Gasteiger partial charge on any atom is 0.335 e. The number of carbonyl (C=O) groups is 2. The zero-order valence-electron chi connectivity index (χ0n) is 14.2. The zero-order chi connectivity index (χ0) is 18.3. The molecule has 2 aromatic rings. The summed E-state index contributed by atoms with van der Waals surface area (Å²) in [5.41, 5.74) is 2.34. The number of aromatic carboxylic acids is 1. The maximum atomic E-state index is 13.6. The normalized spacial score (nSPS) is 19.8. The number of carbonyl (C=O) groups excluding carboxylic acids is 1. The Morgan fingerprint density at radius 3 is 2.85 bits per heavy atom. The second-order valence-electron chi connectivity index (χ2n) is 6.83. The van der Waals surface area contributed by atoms with E-state index in [1.54, 1.807) is 35.2 Å². The van der Waals surface area contributed by atoms with Crippen LogP contribution >= 0.6 is 0 Å². The molecule has 0 aliphatic carbocycles. The number of carboxylic acids is 1. The van der Waals surface area contributed by atoms with E-state index in [1.165, 1.54) is 12.1 Å². The molecule has 1 fully saturated rings. The summed E-state index contributed by atoms with van der Waals surface area (Å²) in [5.74, 6) is -1.43. The van der Waals surface area contributed by atoms with Gasteiger partial charge < -0.3 is 10.0 Å². The smallest absolute Gasteiger partial charge is 0.335 e. The van der Waals surface area contributed by atoms with E-state index in [0.717, 1.165) is 24.9 Å². The average Bonchev–Trinajstić information content (AvgIpc) is 3.04. The van der Waals surface area contributed by atoms with Crippen LogP contribution in [0.25, 0.3) is 0 Å². The molecule has 26 heavy (non-hydrogen) atoms. The first-order valence-corrected chi connectivity index (χ1v) is 8.69. The number of fused-ring (bicyclic) bond motifs is 2. The second-order valence-corrected chi connectivity index (χ2v) is 6.83. The van der Waals surface area contributed by atoms with Crippen LogP contribution in [0.5, 0.6) is 0 Å². The van der Waals surface area contributed by atoms with Crippen molar-refractivity contribution in [3.05, 3.63) is 65.0 Å². The van der Waals surface area contributed by atoms with E-state index in [9.17, 15) is 19.1 Å². The lowest BCUT2D eigenvalue weighted by molar-refractivity contribution is -0.122. The van der Waals surface area contributed by atoms with Gasteiger partial charge in [-0.25, -0.2) is 9.18 Å². The molecule has 4 rings (SSSR count). The summed E-state index contributed by atoms with van der Waals surface area (Å²) in [6.45, 7) is 1.69. The van der Waals surface area contributed by atoms with Gasteiger partial charge in [-0.3, -0.25) is 9.69 Å². The summed E-state index contributed by atoms with van der Waals surface area (Å²) in [4.78, 5) is 28.4. The third-order valence-electron chi connectivity index (χ3n) is 5.14. The van der Waals surface area contributed by atoms with Crippen LogP contribution in [-0.4, -0.2) is 34.5 Å². The molecule has 1 atom stereocenters. The van der Waals surface area contributed by atoms with Gasteiger partial charge in [0.25, 0.3) is 0 Å². The van der Waals surface area contributed by atoms with Gasteiger partial charge in [0.05, 0.1) is 18.2 Å². The van der Waals surface area contributed by atoms with Crippen molar-refractivity contribution >= 4 is 17.6 Å². The van der Waals surface area contributed by atoms with Crippen LogP contribution < -0.4 is 4.90 Å². The molecule has 0 aromatic heterocycles. The van der Waals surface area contributed by atoms with Crippen molar-refractivity contribution in [2.24, 2.45) is 0 Å². The predicted molar refractivity (Wildman–Crippen MR) is 94.4 cm³/mol. The van der Waals surface area contributed by atoms with E-state index in [2.05, 4.69) is 4.90 Å². The number of anilines is 1. The first-order valence-electron chi connectivity index (χ1n) is 8.69. The Kier molecular flexibility index (Phi) is 4.20. The van der Waals surface area contributed by atoms with Gasteiger partial charge in [-0.2, -0.15) is 0 Å². The highest BCUT2D eigenvalue weighted by Crippen LogP contribution is 2.34. The number of rotatable bonds is 3. The average molecular weight is 354 g/mol. The molecule has 134 valence electrons. The first kappa shape index (κ1) is 16.7. The fraction of sp³-hybridized carbons (Fsp3) is 0.300. The number of hydrogen-bond donors (Lipinski definition) is 1. The van der Waals surface area contributed by atoms with E-state index < -0.39 is 5.97 Å². The second kappa shape index (κ2) is 6.53. The standard InChI is InChI=1S/C20H19FN2O3/c21-16-4-1-3-13(9-16)11-23-18-10-14(20(25)26)6-7-15(18)12-22-8-2-5-17(22)19(23)24/h1,3-4,6-7,9-10,17H,2,5,8,11-12H2,(H,25,26). The molecule has 0 spiro atoms. The van der Waals surface area contributed by atoms with E-state index in [4.69, 9.17) is 0 Å². The van der Waals surface area contributed by atoms with Gasteiger partial charge in [0.15, 0.2) is 0 Å². The molecule has 0 saturated carbocycles. The fourth-order valence-corrected chi connectivity index (χ4v) is 3.88. The molecule has 1 saturated heterocycles. The predicted octanol–water partition coefficient (Wildman–Crippen LogP) is 3.04. The molecule has 1 N–H and O–H groups in total. The number of benzene rings is 2. The van der Waals surface area contributed by atoms with E-state index in [0.29, 0.717) is 17.8 Å². The Morgan fingerprint density at radius 1 is 1.23 bits per heavy atom. The summed E-state index contributed by atoms with van der Waals surface area (Å²) < 4.78 is 13.6. The van der Waals surface area contributed by atoms with Crippen molar-refractivity contribution in [1.29, 1.82) is 0 Å². The van der Waals surface area contributed by atoms with Gasteiger partial charge in [-0.1, -0.05) is 18.2 Å². The van der Waals surface area contributed by atoms with Gasteiger partial charge in [0, 0.05) is 12.2 Å². The number of carboxylic acid groups (broad SMARTS) is 1. The molecule has 2 aromatic carbocycles. The molecule has 2 aliphatic heterocycles. The number of nitrogens with zero attached hydrogens (tertiary/aromatic N) is 2. The Balaban J connectivity index is 1.79. The zero-order valence-corrected chi connectivity index (χ0v) is 14.2. The molecule has 5 nitrogen and oxygen atoms in total. The summed E-state index contributed by atoms with van der Waals surface area (Å²) >= 11 is 0. The quantitative estimate of drug-likeness (QED) is 0.920. The highest BCUT2D eigenvalue weighted by molar-refractivity contribution is 6.00. The van der Waals surface area contributed by atoms with Crippen LogP contribution in [0.2, 0.25) is 0 Å². The van der Waals surface area contributed by atoms with Crippen molar-refractivity contribution < 1.29 is 19.1 Å². The first-order chi connectivity index (χ1) is 12.5. The number of hydrogen-bond acceptors (Lipinski definition) is 3. The van der Waals surface area contributed by atoms with E-state index >= 15 is 0 Å². The molecule has 6 heteroatoms. The van der Waals surface area contributed by atoms with Gasteiger partial charge >= 0.3 is 5.97 Å². The molecular formula is C20H19FN2O3. The minimum absolute atomic E-state index is 0.0481. The van der Waals surface area contributed by atoms with Crippen LogP contribution in [0.3, 0.4) is 0 Å². The Morgan fingerprint density at radius 2 is 2.08 bits per heavy atom. The molecule has 1 unspecified atom stereocenters. The monoisotopic (exact) mass is 354 g/mol. The van der Waals surface area contributed by atoms with Crippen LogP contribution in [-0.2, 0) is 17.9 Å². The van der Waals surface area contributed by atoms with Gasteiger partial charge in [0.2, 0.25) is 5.91 Å². The number of amides is 1. The highest BCUT2D eigenvalue weighted by atomic mass is 19.1. The van der Waals surface area contributed by atoms with Gasteiger partial charge in [-0.05, 0) is 54.8 Å². The number of halogens is 1. The Hall–Kier alpha value is -2.73. The minimum Gasteiger partial charge on any atom is -0.478 e. The molecule has 0 radical (unpaired) electrons. The largest absolute Gasteiger partial charge is 0.478 e. The highest BCUT2D eigenvalue weighted by Gasteiger charge is 2.38.